The molecule has 9 heteroatoms. The molecule has 0 amide bonds. The zero-order valence-corrected chi connectivity index (χ0v) is 21.4. The molecule has 1 fully saturated rings. The molecule has 1 saturated heterocycles. The van der Waals surface area contributed by atoms with Gasteiger partial charge < -0.3 is 10.1 Å². The van der Waals surface area contributed by atoms with Crippen molar-refractivity contribution in [2.75, 3.05) is 26.2 Å². The van der Waals surface area contributed by atoms with Crippen molar-refractivity contribution >= 4 is 34.4 Å². The summed E-state index contributed by atoms with van der Waals surface area (Å²) in [7, 11) is 0. The van der Waals surface area contributed by atoms with Crippen LogP contribution in [-0.4, -0.2) is 52.7 Å². The molecule has 0 bridgehead atoms. The topological polar surface area (TPSA) is 50.2 Å². The van der Waals surface area contributed by atoms with Crippen molar-refractivity contribution in [2.24, 2.45) is 0 Å². The first-order valence-corrected chi connectivity index (χ1v) is 13.0. The summed E-state index contributed by atoms with van der Waals surface area (Å²) in [5, 5.41) is 8.78. The van der Waals surface area contributed by atoms with Crippen LogP contribution in [0.5, 0.6) is 0 Å². The zero-order valence-electron chi connectivity index (χ0n) is 20.7. The van der Waals surface area contributed by atoms with E-state index in [1.807, 2.05) is 18.2 Å². The van der Waals surface area contributed by atoms with Gasteiger partial charge in [-0.2, -0.15) is 18.3 Å². The van der Waals surface area contributed by atoms with Crippen molar-refractivity contribution in [3.63, 3.8) is 0 Å². The maximum Gasteiger partial charge on any atom is 0.416 e. The predicted octanol–water partition coefficient (Wildman–Crippen LogP) is 6.12. The van der Waals surface area contributed by atoms with E-state index in [0.717, 1.165) is 74.1 Å². The smallest absolute Gasteiger partial charge is 0.304 e. The molecule has 0 aliphatic carbocycles. The van der Waals surface area contributed by atoms with Gasteiger partial charge in [0.2, 0.25) is 0 Å². The molecule has 2 atom stereocenters. The zero-order chi connectivity index (χ0) is 26.2. The first-order valence-electron chi connectivity index (χ1n) is 12.7. The molecule has 196 valence electrons. The average molecular weight is 531 g/mol. The number of alkyl halides is 3. The Kier molecular flexibility index (Phi) is 7.18. The number of carbonyl (C=O) groups excluding carboxylic acids is 1. The molecule has 2 unspecified atom stereocenters. The largest absolute Gasteiger partial charge is 0.416 e. The van der Waals surface area contributed by atoms with Crippen molar-refractivity contribution < 1.29 is 18.0 Å². The van der Waals surface area contributed by atoms with Gasteiger partial charge in [-0.25, -0.2) is 0 Å². The van der Waals surface area contributed by atoms with Gasteiger partial charge in [-0.3, -0.25) is 9.58 Å². The van der Waals surface area contributed by atoms with E-state index >= 15 is 0 Å². The number of benzene rings is 2. The normalized spacial score (nSPS) is 22.1. The number of aldehydes is 1. The van der Waals surface area contributed by atoms with Gasteiger partial charge in [0.15, 0.2) is 0 Å². The van der Waals surface area contributed by atoms with Crippen molar-refractivity contribution in [3.05, 3.63) is 70.4 Å². The highest BCUT2D eigenvalue weighted by molar-refractivity contribution is 6.30. The standard InChI is InChI=1S/C28H30ClF3N4O/c1-19(24-7-6-23(29)15-25(24)28(30,31)32)36-26-14-21(4-5-22(26)16-34-36)20-8-12-35(13-9-20)17-27(18-37)10-2-3-11-33-27/h4-8,14-16,18-19,33H,2-3,9-13,17H2,1H3. The lowest BCUT2D eigenvalue weighted by molar-refractivity contribution is -0.138. The molecular formula is C28H30ClF3N4O. The van der Waals surface area contributed by atoms with Crippen LogP contribution in [0.2, 0.25) is 5.02 Å². The Morgan fingerprint density at radius 3 is 2.73 bits per heavy atom. The lowest BCUT2D eigenvalue weighted by Gasteiger charge is -2.39. The summed E-state index contributed by atoms with van der Waals surface area (Å²) in [6.45, 7) is 4.89. The molecule has 5 nitrogen and oxygen atoms in total. The first-order chi connectivity index (χ1) is 17.7. The molecule has 2 aromatic carbocycles. The van der Waals surface area contributed by atoms with E-state index < -0.39 is 23.3 Å². The Morgan fingerprint density at radius 1 is 1.22 bits per heavy atom. The Bertz CT molecular complexity index is 1330. The van der Waals surface area contributed by atoms with Crippen LogP contribution in [-0.2, 0) is 11.0 Å². The van der Waals surface area contributed by atoms with Crippen LogP contribution in [0.1, 0.15) is 55.3 Å². The summed E-state index contributed by atoms with van der Waals surface area (Å²) in [4.78, 5) is 14.1. The third kappa shape index (κ3) is 5.33. The van der Waals surface area contributed by atoms with Crippen LogP contribution in [0.15, 0.2) is 48.7 Å². The van der Waals surface area contributed by atoms with E-state index in [-0.39, 0.29) is 10.6 Å². The number of nitrogens with zero attached hydrogens (tertiary/aromatic N) is 3. The number of fused-ring (bicyclic) bond motifs is 1. The highest BCUT2D eigenvalue weighted by Gasteiger charge is 2.36. The van der Waals surface area contributed by atoms with Crippen LogP contribution in [0.25, 0.3) is 16.5 Å². The van der Waals surface area contributed by atoms with Crippen LogP contribution in [0, 0.1) is 0 Å². The van der Waals surface area contributed by atoms with Gasteiger partial charge in [-0.15, -0.1) is 0 Å². The lowest BCUT2D eigenvalue weighted by Crippen LogP contribution is -2.57. The molecule has 37 heavy (non-hydrogen) atoms. The molecule has 1 N–H and O–H groups in total. The van der Waals surface area contributed by atoms with Gasteiger partial charge in [0.25, 0.3) is 0 Å². The molecule has 5 rings (SSSR count). The quantitative estimate of drug-likeness (QED) is 0.390. The number of hydrogen-bond donors (Lipinski definition) is 1. The van der Waals surface area contributed by atoms with E-state index in [1.165, 1.54) is 17.7 Å². The molecule has 2 aliphatic rings. The Hall–Kier alpha value is -2.68. The SMILES string of the molecule is CC(c1ccc(Cl)cc1C(F)(F)F)n1ncc2ccc(C3=CCN(CC4(C=O)CCCCN4)CC3)cc21. The van der Waals surface area contributed by atoms with Crippen molar-refractivity contribution in [3.8, 4) is 0 Å². The fraction of sp³-hybridized carbons (Fsp3) is 0.429. The summed E-state index contributed by atoms with van der Waals surface area (Å²) in [5.74, 6) is 0. The second-order valence-corrected chi connectivity index (χ2v) is 10.6. The number of hydrogen-bond acceptors (Lipinski definition) is 4. The van der Waals surface area contributed by atoms with Crippen LogP contribution in [0.3, 0.4) is 0 Å². The molecule has 2 aliphatic heterocycles. The van der Waals surface area contributed by atoms with Gasteiger partial charge in [-0.1, -0.05) is 35.9 Å². The highest BCUT2D eigenvalue weighted by Crippen LogP contribution is 2.38. The fourth-order valence-corrected chi connectivity index (χ4v) is 5.77. The summed E-state index contributed by atoms with van der Waals surface area (Å²) < 4.78 is 42.9. The highest BCUT2D eigenvalue weighted by atomic mass is 35.5. The molecule has 0 saturated carbocycles. The number of rotatable bonds is 6. The number of piperidine rings is 1. The Morgan fingerprint density at radius 2 is 2.05 bits per heavy atom. The van der Waals surface area contributed by atoms with Crippen molar-refractivity contribution in [1.82, 2.24) is 20.0 Å². The molecule has 0 radical (unpaired) electrons. The van der Waals surface area contributed by atoms with Gasteiger partial charge in [0.05, 0.1) is 28.9 Å². The first kappa shape index (κ1) is 25.9. The van der Waals surface area contributed by atoms with E-state index in [4.69, 9.17) is 11.6 Å². The molecule has 3 heterocycles. The van der Waals surface area contributed by atoms with E-state index in [2.05, 4.69) is 21.4 Å². The Balaban J connectivity index is 1.39. The van der Waals surface area contributed by atoms with Crippen LogP contribution in [0.4, 0.5) is 13.2 Å². The minimum absolute atomic E-state index is 0.0486. The fourth-order valence-electron chi connectivity index (χ4n) is 5.60. The lowest BCUT2D eigenvalue weighted by atomic mass is 9.89. The van der Waals surface area contributed by atoms with Crippen molar-refractivity contribution in [2.45, 2.75) is 50.4 Å². The van der Waals surface area contributed by atoms with E-state index in [1.54, 1.807) is 17.8 Å². The van der Waals surface area contributed by atoms with Crippen LogP contribution < -0.4 is 5.32 Å². The third-order valence-corrected chi connectivity index (χ3v) is 7.89. The van der Waals surface area contributed by atoms with Gasteiger partial charge in [0, 0.05) is 30.0 Å². The minimum atomic E-state index is -4.52. The third-order valence-electron chi connectivity index (χ3n) is 7.66. The maximum absolute atomic E-state index is 13.8. The minimum Gasteiger partial charge on any atom is -0.304 e. The van der Waals surface area contributed by atoms with Crippen molar-refractivity contribution in [1.29, 1.82) is 0 Å². The molecule has 3 aromatic rings. The van der Waals surface area contributed by atoms with E-state index in [0.29, 0.717) is 6.54 Å². The van der Waals surface area contributed by atoms with Gasteiger partial charge in [-0.05, 0) is 74.1 Å². The summed E-state index contributed by atoms with van der Waals surface area (Å²) in [6, 6.07) is 9.27. The molecule has 1 aromatic heterocycles. The molecular weight excluding hydrogens is 501 g/mol. The van der Waals surface area contributed by atoms with Crippen LogP contribution >= 0.6 is 11.6 Å². The second kappa shape index (κ2) is 10.2. The Labute approximate surface area is 219 Å². The van der Waals surface area contributed by atoms with Gasteiger partial charge >= 0.3 is 6.18 Å². The number of halogens is 4. The predicted molar refractivity (Wildman–Crippen MR) is 140 cm³/mol. The summed E-state index contributed by atoms with van der Waals surface area (Å²) in [5.41, 5.74) is 1.93. The maximum atomic E-state index is 13.8. The monoisotopic (exact) mass is 530 g/mol. The summed E-state index contributed by atoms with van der Waals surface area (Å²) in [6.07, 6.45) is 4.30. The average Bonchev–Trinajstić information content (AvgIpc) is 3.32. The number of carbonyl (C=O) groups is 1. The number of aromatic nitrogens is 2. The second-order valence-electron chi connectivity index (χ2n) is 10.1. The summed E-state index contributed by atoms with van der Waals surface area (Å²) >= 11 is 5.88. The number of nitrogens with one attached hydrogen (secondary N) is 1. The van der Waals surface area contributed by atoms with E-state index in [9.17, 15) is 18.0 Å². The molecule has 0 spiro atoms. The van der Waals surface area contributed by atoms with Gasteiger partial charge in [0.1, 0.15) is 6.29 Å².